The Bertz CT molecular complexity index is 410. The zero-order valence-electron chi connectivity index (χ0n) is 6.68. The van der Waals surface area contributed by atoms with Gasteiger partial charge in [0.15, 0.2) is 0 Å². The van der Waals surface area contributed by atoms with Gasteiger partial charge in [0.2, 0.25) is 0 Å². The summed E-state index contributed by atoms with van der Waals surface area (Å²) in [6, 6.07) is 4.48. The van der Waals surface area contributed by atoms with Crippen LogP contribution in [0.25, 0.3) is 5.69 Å². The monoisotopic (exact) mass is 178 g/mol. The Labute approximate surface area is 73.8 Å². The number of rotatable bonds is 1. The van der Waals surface area contributed by atoms with Crippen molar-refractivity contribution in [1.29, 1.82) is 0 Å². The smallest absolute Gasteiger partial charge is 0.148 e. The van der Waals surface area contributed by atoms with E-state index in [1.54, 1.807) is 12.3 Å². The number of hydrogen-bond donors (Lipinski definition) is 1. The summed E-state index contributed by atoms with van der Waals surface area (Å²) in [5.74, 6) is -0.451. The van der Waals surface area contributed by atoms with Gasteiger partial charge in [-0.1, -0.05) is 5.21 Å². The Morgan fingerprint density at radius 2 is 2.23 bits per heavy atom. The number of aromatic nitrogens is 3. The second kappa shape index (κ2) is 2.85. The van der Waals surface area contributed by atoms with E-state index < -0.39 is 5.82 Å². The minimum absolute atomic E-state index is 0.129. The molecule has 0 aliphatic carbocycles. The van der Waals surface area contributed by atoms with E-state index in [0.29, 0.717) is 5.69 Å². The third-order valence-electron chi connectivity index (χ3n) is 1.67. The van der Waals surface area contributed by atoms with E-state index in [0.717, 1.165) is 0 Å². The standard InChI is InChI=1S/C8H7FN4/c9-7-5-6(1-2-8(7)10)13-4-3-11-12-13/h1-5H,10H2. The van der Waals surface area contributed by atoms with Crippen molar-refractivity contribution in [3.05, 3.63) is 36.4 Å². The maximum Gasteiger partial charge on any atom is 0.148 e. The molecule has 0 aliphatic rings. The van der Waals surface area contributed by atoms with E-state index in [4.69, 9.17) is 5.73 Å². The Morgan fingerprint density at radius 3 is 2.85 bits per heavy atom. The highest BCUT2D eigenvalue weighted by Crippen LogP contribution is 2.13. The van der Waals surface area contributed by atoms with Gasteiger partial charge in [0.1, 0.15) is 5.82 Å². The summed E-state index contributed by atoms with van der Waals surface area (Å²) in [4.78, 5) is 0. The number of anilines is 1. The molecule has 0 unspecified atom stereocenters. The molecule has 1 aromatic carbocycles. The fraction of sp³-hybridized carbons (Fsp3) is 0. The van der Waals surface area contributed by atoms with Gasteiger partial charge in [0.25, 0.3) is 0 Å². The summed E-state index contributed by atoms with van der Waals surface area (Å²) < 4.78 is 14.4. The second-order valence-electron chi connectivity index (χ2n) is 2.55. The van der Waals surface area contributed by atoms with Crippen molar-refractivity contribution in [2.24, 2.45) is 0 Å². The molecular formula is C8H7FN4. The average Bonchev–Trinajstić information content (AvgIpc) is 2.62. The van der Waals surface area contributed by atoms with Crippen molar-refractivity contribution < 1.29 is 4.39 Å². The Balaban J connectivity index is 2.49. The van der Waals surface area contributed by atoms with Gasteiger partial charge in [-0.25, -0.2) is 9.07 Å². The molecule has 0 amide bonds. The molecule has 0 saturated heterocycles. The summed E-state index contributed by atoms with van der Waals surface area (Å²) in [5.41, 5.74) is 6.05. The minimum atomic E-state index is -0.451. The van der Waals surface area contributed by atoms with E-state index in [1.165, 1.54) is 23.0 Å². The van der Waals surface area contributed by atoms with Crippen LogP contribution in [0.3, 0.4) is 0 Å². The van der Waals surface area contributed by atoms with Crippen LogP contribution in [0.15, 0.2) is 30.6 Å². The van der Waals surface area contributed by atoms with Gasteiger partial charge < -0.3 is 5.73 Å². The highest BCUT2D eigenvalue weighted by molar-refractivity contribution is 5.46. The van der Waals surface area contributed by atoms with Crippen LogP contribution in [0.2, 0.25) is 0 Å². The lowest BCUT2D eigenvalue weighted by atomic mass is 10.3. The Hall–Kier alpha value is -1.91. The molecule has 0 saturated carbocycles. The maximum absolute atomic E-state index is 13.0. The van der Waals surface area contributed by atoms with E-state index in [2.05, 4.69) is 10.3 Å². The number of nitrogen functional groups attached to an aromatic ring is 1. The van der Waals surface area contributed by atoms with Gasteiger partial charge in [-0.05, 0) is 12.1 Å². The van der Waals surface area contributed by atoms with Gasteiger partial charge in [-0.2, -0.15) is 0 Å². The SMILES string of the molecule is Nc1ccc(-n2ccnn2)cc1F. The molecular weight excluding hydrogens is 171 g/mol. The van der Waals surface area contributed by atoms with Gasteiger partial charge >= 0.3 is 0 Å². The number of hydrogen-bond acceptors (Lipinski definition) is 3. The maximum atomic E-state index is 13.0. The van der Waals surface area contributed by atoms with Crippen LogP contribution < -0.4 is 5.73 Å². The van der Waals surface area contributed by atoms with Gasteiger partial charge in [0, 0.05) is 6.07 Å². The third-order valence-corrected chi connectivity index (χ3v) is 1.67. The fourth-order valence-electron chi connectivity index (χ4n) is 1.00. The summed E-state index contributed by atoms with van der Waals surface area (Å²) in [6.07, 6.45) is 3.15. The molecule has 0 aliphatic heterocycles. The largest absolute Gasteiger partial charge is 0.396 e. The summed E-state index contributed by atoms with van der Waals surface area (Å²) in [7, 11) is 0. The topological polar surface area (TPSA) is 56.7 Å². The predicted octanol–water partition coefficient (Wildman–Crippen LogP) is 0.989. The molecule has 0 radical (unpaired) electrons. The molecule has 66 valence electrons. The molecule has 1 aromatic heterocycles. The van der Waals surface area contributed by atoms with Crippen molar-refractivity contribution in [3.8, 4) is 5.69 Å². The molecule has 2 N–H and O–H groups in total. The van der Waals surface area contributed by atoms with Crippen molar-refractivity contribution in [3.63, 3.8) is 0 Å². The van der Waals surface area contributed by atoms with Crippen LogP contribution in [0, 0.1) is 5.82 Å². The normalized spacial score (nSPS) is 10.2. The summed E-state index contributed by atoms with van der Waals surface area (Å²) in [6.45, 7) is 0. The number of halogens is 1. The first-order valence-corrected chi connectivity index (χ1v) is 3.69. The molecule has 0 bridgehead atoms. The van der Waals surface area contributed by atoms with Crippen molar-refractivity contribution in [1.82, 2.24) is 15.0 Å². The zero-order chi connectivity index (χ0) is 9.26. The van der Waals surface area contributed by atoms with Crippen molar-refractivity contribution in [2.75, 3.05) is 5.73 Å². The van der Waals surface area contributed by atoms with E-state index in [-0.39, 0.29) is 5.69 Å². The Morgan fingerprint density at radius 1 is 1.38 bits per heavy atom. The molecule has 0 fully saturated rings. The molecule has 2 rings (SSSR count). The van der Waals surface area contributed by atoms with Gasteiger partial charge in [0.05, 0.1) is 23.8 Å². The van der Waals surface area contributed by atoms with Crippen LogP contribution in [-0.2, 0) is 0 Å². The van der Waals surface area contributed by atoms with Crippen LogP contribution in [0.5, 0.6) is 0 Å². The molecule has 5 heteroatoms. The van der Waals surface area contributed by atoms with E-state index in [9.17, 15) is 4.39 Å². The first-order valence-electron chi connectivity index (χ1n) is 3.69. The molecule has 0 atom stereocenters. The number of benzene rings is 1. The highest BCUT2D eigenvalue weighted by atomic mass is 19.1. The molecule has 13 heavy (non-hydrogen) atoms. The lowest BCUT2D eigenvalue weighted by molar-refractivity contribution is 0.629. The highest BCUT2D eigenvalue weighted by Gasteiger charge is 2.01. The first-order chi connectivity index (χ1) is 6.27. The zero-order valence-corrected chi connectivity index (χ0v) is 6.68. The molecule has 0 spiro atoms. The van der Waals surface area contributed by atoms with Crippen LogP contribution in [-0.4, -0.2) is 15.0 Å². The lowest BCUT2D eigenvalue weighted by Crippen LogP contribution is -1.97. The van der Waals surface area contributed by atoms with E-state index in [1.807, 2.05) is 0 Å². The second-order valence-corrected chi connectivity index (χ2v) is 2.55. The van der Waals surface area contributed by atoms with Crippen molar-refractivity contribution >= 4 is 5.69 Å². The van der Waals surface area contributed by atoms with E-state index >= 15 is 0 Å². The van der Waals surface area contributed by atoms with Gasteiger partial charge in [-0.3, -0.25) is 0 Å². The van der Waals surface area contributed by atoms with Crippen LogP contribution in [0.1, 0.15) is 0 Å². The van der Waals surface area contributed by atoms with Gasteiger partial charge in [-0.15, -0.1) is 5.10 Å². The molecule has 2 aromatic rings. The minimum Gasteiger partial charge on any atom is -0.396 e. The summed E-state index contributed by atoms with van der Waals surface area (Å²) >= 11 is 0. The first kappa shape index (κ1) is 7.72. The van der Waals surface area contributed by atoms with Crippen molar-refractivity contribution in [2.45, 2.75) is 0 Å². The Kier molecular flexibility index (Phi) is 1.70. The average molecular weight is 178 g/mol. The number of nitrogens with zero attached hydrogens (tertiary/aromatic N) is 3. The fourth-order valence-corrected chi connectivity index (χ4v) is 1.00. The number of nitrogens with two attached hydrogens (primary N) is 1. The van der Waals surface area contributed by atoms with Crippen LogP contribution in [0.4, 0.5) is 10.1 Å². The quantitative estimate of drug-likeness (QED) is 0.662. The molecule has 1 heterocycles. The third kappa shape index (κ3) is 1.35. The lowest BCUT2D eigenvalue weighted by Gasteiger charge is -2.01. The summed E-state index contributed by atoms with van der Waals surface area (Å²) in [5, 5.41) is 7.33. The molecule has 4 nitrogen and oxygen atoms in total. The predicted molar refractivity (Wildman–Crippen MR) is 45.7 cm³/mol. The van der Waals surface area contributed by atoms with Crippen LogP contribution >= 0.6 is 0 Å².